The van der Waals surface area contributed by atoms with Crippen LogP contribution in [0.2, 0.25) is 187 Å². The molecule has 0 fully saturated rings. The molecule has 0 atom stereocenters. The second kappa shape index (κ2) is 19.6. The van der Waals surface area contributed by atoms with Crippen molar-refractivity contribution >= 4 is 111 Å². The molecule has 354 valence electrons. The molecule has 0 bridgehead atoms. The zero-order chi connectivity index (χ0) is 48.5. The Kier molecular flexibility index (Phi) is 19.7. The summed E-state index contributed by atoms with van der Waals surface area (Å²) in [6.45, 7) is 95.7. The van der Waals surface area contributed by atoms with Gasteiger partial charge in [-0.3, -0.25) is 0 Å². The van der Waals surface area contributed by atoms with E-state index in [1.165, 1.54) is 0 Å². The van der Waals surface area contributed by atoms with Crippen molar-refractivity contribution in [3.8, 4) is 0 Å². The third-order valence-corrected chi connectivity index (χ3v) is 125. The predicted molar refractivity (Wildman–Crippen MR) is 317 cm³/mol. The van der Waals surface area contributed by atoms with Crippen molar-refractivity contribution in [3.63, 3.8) is 0 Å². The predicted octanol–water partition coefficient (Wildman–Crippen LogP) is 15.9. The highest BCUT2D eigenvalue weighted by molar-refractivity contribution is 8.47. The summed E-state index contributed by atoms with van der Waals surface area (Å²) >= 11 is 0. The number of nitrogens with zero attached hydrogens (tertiary/aromatic N) is 2. The Balaban J connectivity index is 5.68. The summed E-state index contributed by atoms with van der Waals surface area (Å²) in [5.41, 5.74) is 6.64. The van der Waals surface area contributed by atoms with Crippen molar-refractivity contribution in [3.05, 3.63) is 11.4 Å². The monoisotopic (exact) mass is 1050 g/mol. The number of hydrogen-bond donors (Lipinski definition) is 0. The van der Waals surface area contributed by atoms with E-state index in [0.717, 1.165) is 38.0 Å². The van der Waals surface area contributed by atoms with E-state index in [1.54, 1.807) is 11.4 Å². The van der Waals surface area contributed by atoms with Crippen molar-refractivity contribution in [2.45, 2.75) is 269 Å². The van der Waals surface area contributed by atoms with E-state index in [4.69, 9.17) is 0 Å². The van der Waals surface area contributed by atoms with Gasteiger partial charge < -0.3 is 18.4 Å². The summed E-state index contributed by atoms with van der Waals surface area (Å²) < 4.78 is 6.08. The van der Waals surface area contributed by atoms with Crippen LogP contribution in [0.3, 0.4) is 0 Å². The SMILES string of the molecule is Cc1c(C)[n+](C(C)C)c([Si](=[Si-]S[Si](C(C)C)(C([Si](C)(C)C)[Si](C)(C)C)C([Si](C)(C)C)[Si](C)(C)C)[Si](C(C)C)(C([Si](C)(C)C)[Si](C)(C)C)C([Si](C)(C)C)[Si](C)(C)C)n1C(C)C. The fraction of sp³-hybridized carbons (Fsp3) is 0.933. The van der Waals surface area contributed by atoms with E-state index < -0.39 is 86.8 Å². The van der Waals surface area contributed by atoms with Gasteiger partial charge in [0.2, 0.25) is 5.45 Å². The quantitative estimate of drug-likeness (QED) is 0.0934. The van der Waals surface area contributed by atoms with Gasteiger partial charge in [0, 0.05) is 86.0 Å². The molecule has 0 aliphatic rings. The second-order valence-corrected chi connectivity index (χ2v) is 103. The minimum absolute atomic E-state index is 0.474. The highest BCUT2D eigenvalue weighted by Crippen LogP contribution is 2.61. The lowest BCUT2D eigenvalue weighted by atomic mass is 10.3. The molecular weight excluding hydrogens is 938 g/mol. The molecule has 0 aliphatic carbocycles. The van der Waals surface area contributed by atoms with Crippen LogP contribution >= 0.6 is 10.7 Å². The molecule has 1 heterocycles. The highest BCUT2D eigenvalue weighted by Gasteiger charge is 2.65. The normalized spacial score (nSPS) is 15.9. The Bertz CT molecular complexity index is 1470. The summed E-state index contributed by atoms with van der Waals surface area (Å²) in [6, 6.07) is 0.949. The summed E-state index contributed by atoms with van der Waals surface area (Å²) in [5, 5.41) is 0. The maximum absolute atomic E-state index is 3.04. The van der Waals surface area contributed by atoms with Crippen molar-refractivity contribution in [2.24, 2.45) is 0 Å². The smallest absolute Gasteiger partial charge is 0.200 e. The van der Waals surface area contributed by atoms with Crippen molar-refractivity contribution < 1.29 is 4.57 Å². The Hall–Kier alpha value is 2.16. The van der Waals surface area contributed by atoms with E-state index in [2.05, 4.69) is 246 Å². The lowest BCUT2D eigenvalue weighted by Crippen LogP contribution is -2.80. The Morgan fingerprint density at radius 3 is 0.933 bits per heavy atom. The van der Waals surface area contributed by atoms with Gasteiger partial charge in [-0.2, -0.15) is 0 Å². The molecule has 0 aliphatic heterocycles. The molecule has 1 aromatic rings. The highest BCUT2D eigenvalue weighted by atomic mass is 32.5. The van der Waals surface area contributed by atoms with Gasteiger partial charge in [-0.05, 0) is 42.8 Å². The molecule has 1 aromatic heterocycles. The fourth-order valence-corrected chi connectivity index (χ4v) is 210. The maximum Gasteiger partial charge on any atom is 0.200 e. The van der Waals surface area contributed by atoms with Crippen LogP contribution in [-0.4, -0.2) is 99.1 Å². The Labute approximate surface area is 396 Å². The Morgan fingerprint density at radius 2 is 0.733 bits per heavy atom. The molecule has 1 rings (SSSR count). The summed E-state index contributed by atoms with van der Waals surface area (Å²) in [7, 11) is -14.6. The molecule has 0 unspecified atom stereocenters. The first-order chi connectivity index (χ1) is 26.0. The lowest BCUT2D eigenvalue weighted by Gasteiger charge is -2.66. The topological polar surface area (TPSA) is 8.81 Å². The minimum atomic E-state index is -2.23. The minimum Gasteiger partial charge on any atom is -0.409 e. The zero-order valence-corrected chi connectivity index (χ0v) is 60.2. The van der Waals surface area contributed by atoms with Crippen LogP contribution in [0.25, 0.3) is 0 Å². The summed E-state index contributed by atoms with van der Waals surface area (Å²) in [5.74, 6) is 0. The second-order valence-electron chi connectivity index (χ2n) is 29.8. The first-order valence-electron chi connectivity index (χ1n) is 24.5. The van der Waals surface area contributed by atoms with Crippen LogP contribution in [-0.2, 0) is 0 Å². The molecular formula is C45H110N2SSi12. The van der Waals surface area contributed by atoms with Gasteiger partial charge in [-0.15, -0.1) is 0 Å². The molecule has 0 aromatic carbocycles. The molecule has 0 saturated heterocycles. The number of rotatable bonds is 20. The van der Waals surface area contributed by atoms with Gasteiger partial charge in [0.25, 0.3) is 0 Å². The number of hydrogen-bond acceptors (Lipinski definition) is 1. The molecule has 60 heavy (non-hydrogen) atoms. The third-order valence-electron chi connectivity index (χ3n) is 14.4. The standard InChI is InChI=1S/C45H110N2SSi12/c1-35(2)46-39(9)40(10)47(36(3)4)41(46)50(60(38(7)8,44(55(23,24)25)56(26,27)28)45(57(29,30)31)58(32,33)34)49-48-59(37(5)6,42(51(11,12)13)52(14,15)16)43(53(17,18)19)54(20,21)22/h35-38,42-45H,1-34H3. The van der Waals surface area contributed by atoms with Crippen LogP contribution in [0.4, 0.5) is 0 Å². The average Bonchev–Trinajstić information content (AvgIpc) is 3.16. The van der Waals surface area contributed by atoms with E-state index in [-0.39, 0.29) is 0 Å². The van der Waals surface area contributed by atoms with Crippen LogP contribution in [0.15, 0.2) is 0 Å². The first-order valence-corrected chi connectivity index (χ1v) is 64.3. The third kappa shape index (κ3) is 12.4. The van der Waals surface area contributed by atoms with Crippen molar-refractivity contribution in [2.75, 3.05) is 0 Å². The molecule has 0 radical (unpaired) electrons. The van der Waals surface area contributed by atoms with E-state index in [1.807, 2.05) is 5.45 Å². The largest absolute Gasteiger partial charge is 0.409 e. The van der Waals surface area contributed by atoms with E-state index in [0.29, 0.717) is 12.1 Å². The molecule has 2 nitrogen and oxygen atoms in total. The molecule has 15 heteroatoms. The number of aromatic nitrogens is 2. The summed E-state index contributed by atoms with van der Waals surface area (Å²) in [6.07, 6.45) is 0. The number of imidazole rings is 1. The van der Waals surface area contributed by atoms with Crippen LogP contribution in [0.5, 0.6) is 0 Å². The molecule has 0 N–H and O–H groups in total. The van der Waals surface area contributed by atoms with Gasteiger partial charge in [0.05, 0.1) is 19.3 Å². The zero-order valence-electron chi connectivity index (χ0n) is 47.4. The van der Waals surface area contributed by atoms with Crippen LogP contribution in [0.1, 0.15) is 78.9 Å². The van der Waals surface area contributed by atoms with Gasteiger partial charge in [0.15, 0.2) is 0 Å². The summed E-state index contributed by atoms with van der Waals surface area (Å²) in [4.78, 5) is 3.99. The van der Waals surface area contributed by atoms with E-state index >= 15 is 0 Å². The fourth-order valence-electron chi connectivity index (χ4n) is 16.0. The van der Waals surface area contributed by atoms with Gasteiger partial charge in [-0.25, -0.2) is 9.13 Å². The molecule has 0 saturated carbocycles. The first kappa shape index (κ1) is 60.2. The van der Waals surface area contributed by atoms with Crippen LogP contribution < -0.4 is 10.0 Å². The van der Waals surface area contributed by atoms with Gasteiger partial charge in [-0.1, -0.05) is 207 Å². The van der Waals surface area contributed by atoms with Gasteiger partial charge >= 0.3 is 0 Å². The van der Waals surface area contributed by atoms with Crippen molar-refractivity contribution in [1.29, 1.82) is 0 Å². The van der Waals surface area contributed by atoms with Gasteiger partial charge in [0.1, 0.15) is 11.4 Å². The molecule has 0 spiro atoms. The van der Waals surface area contributed by atoms with Crippen molar-refractivity contribution in [1.82, 2.24) is 4.57 Å². The maximum atomic E-state index is 3.04. The lowest BCUT2D eigenvalue weighted by molar-refractivity contribution is -0.704. The molecule has 0 amide bonds. The van der Waals surface area contributed by atoms with E-state index in [9.17, 15) is 0 Å². The van der Waals surface area contributed by atoms with Crippen LogP contribution in [0, 0.1) is 13.8 Å². The average molecular weight is 1050 g/mol. The Morgan fingerprint density at radius 1 is 0.450 bits per heavy atom.